The Morgan fingerprint density at radius 3 is 2.88 bits per heavy atom. The van der Waals surface area contributed by atoms with Gasteiger partial charge in [0.2, 0.25) is 5.91 Å². The minimum absolute atomic E-state index is 0.127. The first-order valence-electron chi connectivity index (χ1n) is 8.09. The maximum atomic E-state index is 12.2. The molecule has 9 heteroatoms. The molecule has 1 amide bonds. The monoisotopic (exact) mass is 333 g/mol. The van der Waals surface area contributed by atoms with Crippen molar-refractivity contribution in [3.8, 4) is 0 Å². The fourth-order valence-corrected chi connectivity index (χ4v) is 2.80. The number of ether oxygens (including phenoxy) is 1. The van der Waals surface area contributed by atoms with E-state index in [1.807, 2.05) is 17.9 Å². The maximum Gasteiger partial charge on any atom is 0.254 e. The number of amides is 1. The van der Waals surface area contributed by atoms with Crippen LogP contribution in [0.5, 0.6) is 0 Å². The highest BCUT2D eigenvalue weighted by molar-refractivity contribution is 5.78. The van der Waals surface area contributed by atoms with E-state index < -0.39 is 0 Å². The second kappa shape index (κ2) is 7.54. The van der Waals surface area contributed by atoms with Gasteiger partial charge in [-0.25, -0.2) is 4.98 Å². The van der Waals surface area contributed by atoms with Crippen molar-refractivity contribution in [2.75, 3.05) is 57.9 Å². The highest BCUT2D eigenvalue weighted by Crippen LogP contribution is 2.17. The Hall–Kier alpha value is -2.26. The van der Waals surface area contributed by atoms with E-state index in [2.05, 4.69) is 25.3 Å². The van der Waals surface area contributed by atoms with E-state index in [4.69, 9.17) is 4.74 Å². The zero-order chi connectivity index (χ0) is 16.9. The number of hydrogen-bond acceptors (Lipinski definition) is 7. The molecule has 0 unspecified atom stereocenters. The SMILES string of the molecule is COCCNCC(=O)N1CCN(c2cc(C)nc3ncnn23)CC1. The standard InChI is InChI=1S/C15H23N7O2/c1-12-9-13(22-15(19-12)17-11-18-22)20-4-6-21(7-5-20)14(23)10-16-3-8-24-2/h9,11,16H,3-8,10H2,1-2H3. The number of hydrogen-bond donors (Lipinski definition) is 1. The van der Waals surface area contributed by atoms with E-state index in [1.165, 1.54) is 6.33 Å². The molecule has 1 saturated heterocycles. The number of anilines is 1. The number of nitrogens with one attached hydrogen (secondary N) is 1. The molecule has 0 aromatic carbocycles. The zero-order valence-corrected chi connectivity index (χ0v) is 14.1. The van der Waals surface area contributed by atoms with Crippen LogP contribution >= 0.6 is 0 Å². The van der Waals surface area contributed by atoms with E-state index >= 15 is 0 Å². The van der Waals surface area contributed by atoms with E-state index in [0.29, 0.717) is 38.6 Å². The number of fused-ring (bicyclic) bond motifs is 1. The Labute approximate surface area is 140 Å². The number of nitrogens with zero attached hydrogens (tertiary/aromatic N) is 6. The van der Waals surface area contributed by atoms with Gasteiger partial charge < -0.3 is 19.9 Å². The second-order valence-corrected chi connectivity index (χ2v) is 5.76. The molecular formula is C15H23N7O2. The summed E-state index contributed by atoms with van der Waals surface area (Å²) >= 11 is 0. The lowest BCUT2D eigenvalue weighted by Gasteiger charge is -2.36. The first-order chi connectivity index (χ1) is 11.7. The highest BCUT2D eigenvalue weighted by atomic mass is 16.5. The molecule has 0 bridgehead atoms. The van der Waals surface area contributed by atoms with Gasteiger partial charge in [0.15, 0.2) is 0 Å². The first-order valence-corrected chi connectivity index (χ1v) is 8.09. The minimum atomic E-state index is 0.127. The summed E-state index contributed by atoms with van der Waals surface area (Å²) in [5.41, 5.74) is 0.909. The van der Waals surface area contributed by atoms with Crippen LogP contribution in [-0.2, 0) is 9.53 Å². The van der Waals surface area contributed by atoms with Gasteiger partial charge in [0.1, 0.15) is 12.1 Å². The summed E-state index contributed by atoms with van der Waals surface area (Å²) in [7, 11) is 1.65. The summed E-state index contributed by atoms with van der Waals surface area (Å²) in [4.78, 5) is 24.8. The molecule has 0 atom stereocenters. The first kappa shape index (κ1) is 16.6. The zero-order valence-electron chi connectivity index (χ0n) is 14.1. The van der Waals surface area contributed by atoms with Gasteiger partial charge in [0.25, 0.3) is 5.78 Å². The number of aromatic nitrogens is 4. The van der Waals surface area contributed by atoms with Crippen LogP contribution in [0.25, 0.3) is 5.78 Å². The van der Waals surface area contributed by atoms with Gasteiger partial charge in [0.05, 0.1) is 13.2 Å². The second-order valence-electron chi connectivity index (χ2n) is 5.76. The smallest absolute Gasteiger partial charge is 0.254 e. The molecule has 0 saturated carbocycles. The van der Waals surface area contributed by atoms with Crippen LogP contribution in [-0.4, -0.2) is 83.4 Å². The third kappa shape index (κ3) is 3.62. The Kier molecular flexibility index (Phi) is 5.21. The quantitative estimate of drug-likeness (QED) is 0.701. The van der Waals surface area contributed by atoms with Crippen LogP contribution < -0.4 is 10.2 Å². The molecular weight excluding hydrogens is 310 g/mol. The summed E-state index contributed by atoms with van der Waals surface area (Å²) in [6.45, 7) is 6.52. The van der Waals surface area contributed by atoms with Crippen molar-refractivity contribution in [1.29, 1.82) is 0 Å². The van der Waals surface area contributed by atoms with Gasteiger partial charge in [-0.05, 0) is 6.92 Å². The molecule has 1 N–H and O–H groups in total. The van der Waals surface area contributed by atoms with Gasteiger partial charge in [-0.15, -0.1) is 0 Å². The van der Waals surface area contributed by atoms with Gasteiger partial charge in [-0.3, -0.25) is 4.79 Å². The molecule has 9 nitrogen and oxygen atoms in total. The predicted octanol–water partition coefficient (Wildman–Crippen LogP) is -0.683. The van der Waals surface area contributed by atoms with Crippen molar-refractivity contribution in [2.24, 2.45) is 0 Å². The van der Waals surface area contributed by atoms with Gasteiger partial charge in [0, 0.05) is 51.6 Å². The molecule has 2 aromatic rings. The number of carbonyl (C=O) groups excluding carboxylic acids is 1. The van der Waals surface area contributed by atoms with Crippen molar-refractivity contribution < 1.29 is 9.53 Å². The number of carbonyl (C=O) groups is 1. The number of piperazine rings is 1. The lowest BCUT2D eigenvalue weighted by molar-refractivity contribution is -0.130. The molecule has 2 aromatic heterocycles. The largest absolute Gasteiger partial charge is 0.383 e. The van der Waals surface area contributed by atoms with Crippen LogP contribution in [0.2, 0.25) is 0 Å². The van der Waals surface area contributed by atoms with Gasteiger partial charge in [-0.2, -0.15) is 14.6 Å². The number of rotatable bonds is 6. The summed E-state index contributed by atoms with van der Waals surface area (Å²) in [6, 6.07) is 2.01. The molecule has 24 heavy (non-hydrogen) atoms. The van der Waals surface area contributed by atoms with Crippen LogP contribution in [0.4, 0.5) is 5.82 Å². The van der Waals surface area contributed by atoms with Crippen LogP contribution in [0.1, 0.15) is 5.69 Å². The molecule has 130 valence electrons. The Morgan fingerprint density at radius 1 is 1.33 bits per heavy atom. The number of aryl methyl sites for hydroxylation is 1. The van der Waals surface area contributed by atoms with E-state index in [1.54, 1.807) is 11.6 Å². The van der Waals surface area contributed by atoms with E-state index in [-0.39, 0.29) is 5.91 Å². The molecule has 3 heterocycles. The van der Waals surface area contributed by atoms with E-state index in [0.717, 1.165) is 24.6 Å². The van der Waals surface area contributed by atoms with Crippen molar-refractivity contribution in [1.82, 2.24) is 29.8 Å². The average molecular weight is 333 g/mol. The normalized spacial score (nSPS) is 15.2. The highest BCUT2D eigenvalue weighted by Gasteiger charge is 2.23. The van der Waals surface area contributed by atoms with Crippen LogP contribution in [0.3, 0.4) is 0 Å². The van der Waals surface area contributed by atoms with Crippen LogP contribution in [0, 0.1) is 6.92 Å². The average Bonchev–Trinajstić information content (AvgIpc) is 3.06. The minimum Gasteiger partial charge on any atom is -0.383 e. The van der Waals surface area contributed by atoms with Crippen LogP contribution in [0.15, 0.2) is 12.4 Å². The third-order valence-electron chi connectivity index (χ3n) is 4.08. The molecule has 0 radical (unpaired) electrons. The summed E-state index contributed by atoms with van der Waals surface area (Å²) in [5, 5.41) is 7.34. The van der Waals surface area contributed by atoms with E-state index in [9.17, 15) is 4.79 Å². The fraction of sp³-hybridized carbons (Fsp3) is 0.600. The predicted molar refractivity (Wildman–Crippen MR) is 89.1 cm³/mol. The number of methoxy groups -OCH3 is 1. The molecule has 1 aliphatic rings. The molecule has 1 aliphatic heterocycles. The summed E-state index contributed by atoms with van der Waals surface area (Å²) in [5.74, 6) is 1.70. The summed E-state index contributed by atoms with van der Waals surface area (Å²) in [6.07, 6.45) is 1.51. The van der Waals surface area contributed by atoms with Crippen molar-refractivity contribution in [2.45, 2.75) is 6.92 Å². The summed E-state index contributed by atoms with van der Waals surface area (Å²) < 4.78 is 6.70. The molecule has 0 spiro atoms. The van der Waals surface area contributed by atoms with Crippen molar-refractivity contribution in [3.63, 3.8) is 0 Å². The Morgan fingerprint density at radius 2 is 2.12 bits per heavy atom. The van der Waals surface area contributed by atoms with Gasteiger partial charge >= 0.3 is 0 Å². The maximum absolute atomic E-state index is 12.2. The third-order valence-corrected chi connectivity index (χ3v) is 4.08. The lowest BCUT2D eigenvalue weighted by Crippen LogP contribution is -2.51. The molecule has 1 fully saturated rings. The molecule has 0 aliphatic carbocycles. The lowest BCUT2D eigenvalue weighted by atomic mass is 10.3. The van der Waals surface area contributed by atoms with Crippen molar-refractivity contribution in [3.05, 3.63) is 18.1 Å². The molecule has 3 rings (SSSR count). The fourth-order valence-electron chi connectivity index (χ4n) is 2.80. The van der Waals surface area contributed by atoms with Crippen molar-refractivity contribution >= 4 is 17.5 Å². The Balaban J connectivity index is 1.58. The topological polar surface area (TPSA) is 87.9 Å². The Bertz CT molecular complexity index is 694. The van der Waals surface area contributed by atoms with Gasteiger partial charge in [-0.1, -0.05) is 0 Å².